The molecule has 0 radical (unpaired) electrons. The van der Waals surface area contributed by atoms with Crippen LogP contribution in [0.2, 0.25) is 0 Å². The first kappa shape index (κ1) is 19.6. The molecule has 4 heteroatoms. The highest BCUT2D eigenvalue weighted by Gasteiger charge is 2.12. The molecule has 2 aromatic carbocycles. The van der Waals surface area contributed by atoms with Gasteiger partial charge in [0.1, 0.15) is 11.5 Å². The summed E-state index contributed by atoms with van der Waals surface area (Å²) in [5, 5.41) is 9.49. The van der Waals surface area contributed by atoms with Crippen molar-refractivity contribution in [3.05, 3.63) is 64.4 Å². The molecule has 0 saturated heterocycles. The standard InChI is InChI=1S/C22H26O4/c1-5-6-11-25-19-7-9-20(10-8-19)26-21(22(23)24)14-18-13-16(3)15(2)12-17(18)4/h7-10,12-14H,5-6,11H2,1-4H3,(H,23,24). The summed E-state index contributed by atoms with van der Waals surface area (Å²) in [5.74, 6) is -0.0125. The number of carbonyl (C=O) groups is 1. The van der Waals surface area contributed by atoms with Crippen molar-refractivity contribution in [2.45, 2.75) is 40.5 Å². The molecule has 0 aliphatic rings. The van der Waals surface area contributed by atoms with Crippen molar-refractivity contribution in [1.29, 1.82) is 0 Å². The van der Waals surface area contributed by atoms with Gasteiger partial charge < -0.3 is 14.6 Å². The monoisotopic (exact) mass is 354 g/mol. The number of carboxylic acids is 1. The number of hydrogen-bond acceptors (Lipinski definition) is 3. The topological polar surface area (TPSA) is 55.8 Å². The molecule has 4 nitrogen and oxygen atoms in total. The number of hydrogen-bond donors (Lipinski definition) is 1. The Hall–Kier alpha value is -2.75. The maximum atomic E-state index is 11.6. The van der Waals surface area contributed by atoms with Crippen LogP contribution in [0.4, 0.5) is 0 Å². The lowest BCUT2D eigenvalue weighted by molar-refractivity contribution is -0.134. The molecule has 0 heterocycles. The second-order valence-electron chi connectivity index (χ2n) is 6.38. The van der Waals surface area contributed by atoms with Crippen molar-refractivity contribution in [2.75, 3.05) is 6.61 Å². The van der Waals surface area contributed by atoms with Crippen LogP contribution in [0.1, 0.15) is 42.0 Å². The van der Waals surface area contributed by atoms with E-state index in [0.717, 1.165) is 35.3 Å². The van der Waals surface area contributed by atoms with Crippen LogP contribution < -0.4 is 9.47 Å². The van der Waals surface area contributed by atoms with E-state index in [1.54, 1.807) is 30.3 Å². The van der Waals surface area contributed by atoms with Gasteiger partial charge in [0, 0.05) is 0 Å². The third-order valence-electron chi connectivity index (χ3n) is 4.20. The summed E-state index contributed by atoms with van der Waals surface area (Å²) in [5.41, 5.74) is 4.14. The zero-order valence-corrected chi connectivity index (χ0v) is 15.8. The van der Waals surface area contributed by atoms with Crippen LogP contribution in [0.3, 0.4) is 0 Å². The average Bonchev–Trinajstić information content (AvgIpc) is 2.60. The predicted octanol–water partition coefficient (Wildman–Crippen LogP) is 5.30. The zero-order valence-electron chi connectivity index (χ0n) is 15.8. The Morgan fingerprint density at radius 2 is 1.62 bits per heavy atom. The highest BCUT2D eigenvalue weighted by atomic mass is 16.5. The summed E-state index contributed by atoms with van der Waals surface area (Å²) >= 11 is 0. The third kappa shape index (κ3) is 5.38. The maximum absolute atomic E-state index is 11.6. The molecule has 0 aliphatic carbocycles. The lowest BCUT2D eigenvalue weighted by atomic mass is 10.0. The lowest BCUT2D eigenvalue weighted by Gasteiger charge is -2.10. The highest BCUT2D eigenvalue weighted by Crippen LogP contribution is 2.23. The van der Waals surface area contributed by atoms with E-state index in [2.05, 4.69) is 6.92 Å². The summed E-state index contributed by atoms with van der Waals surface area (Å²) < 4.78 is 11.2. The minimum absolute atomic E-state index is 0.115. The third-order valence-corrected chi connectivity index (χ3v) is 4.20. The first-order valence-electron chi connectivity index (χ1n) is 8.84. The number of aryl methyl sites for hydroxylation is 3. The van der Waals surface area contributed by atoms with Crippen LogP contribution in [0.15, 0.2) is 42.2 Å². The van der Waals surface area contributed by atoms with Crippen molar-refractivity contribution in [3.8, 4) is 11.5 Å². The molecule has 0 amide bonds. The number of unbranched alkanes of at least 4 members (excludes halogenated alkanes) is 1. The Morgan fingerprint density at radius 1 is 1.00 bits per heavy atom. The predicted molar refractivity (Wildman–Crippen MR) is 104 cm³/mol. The molecule has 2 aromatic rings. The van der Waals surface area contributed by atoms with Crippen molar-refractivity contribution in [1.82, 2.24) is 0 Å². The molecular formula is C22H26O4. The molecule has 0 aromatic heterocycles. The highest BCUT2D eigenvalue weighted by molar-refractivity contribution is 5.90. The molecule has 0 saturated carbocycles. The number of rotatable bonds is 8. The van der Waals surface area contributed by atoms with Gasteiger partial charge >= 0.3 is 5.97 Å². The first-order valence-corrected chi connectivity index (χ1v) is 8.84. The summed E-state index contributed by atoms with van der Waals surface area (Å²) in [4.78, 5) is 11.6. The summed E-state index contributed by atoms with van der Waals surface area (Å²) in [6, 6.07) is 11.0. The largest absolute Gasteiger partial charge is 0.494 e. The van der Waals surface area contributed by atoms with Gasteiger partial charge in [-0.1, -0.05) is 25.5 Å². The van der Waals surface area contributed by atoms with Gasteiger partial charge in [-0.3, -0.25) is 0 Å². The Morgan fingerprint density at radius 3 is 2.23 bits per heavy atom. The number of aliphatic carboxylic acids is 1. The van der Waals surface area contributed by atoms with Crippen molar-refractivity contribution in [2.24, 2.45) is 0 Å². The molecule has 0 atom stereocenters. The second kappa shape index (κ2) is 9.09. The van der Waals surface area contributed by atoms with E-state index in [4.69, 9.17) is 9.47 Å². The lowest BCUT2D eigenvalue weighted by Crippen LogP contribution is -2.08. The van der Waals surface area contributed by atoms with Crippen molar-refractivity contribution >= 4 is 12.0 Å². The molecule has 0 spiro atoms. The van der Waals surface area contributed by atoms with E-state index in [1.807, 2.05) is 32.9 Å². The molecule has 26 heavy (non-hydrogen) atoms. The minimum atomic E-state index is -1.11. The van der Waals surface area contributed by atoms with Gasteiger partial charge in [0.25, 0.3) is 0 Å². The molecule has 1 N–H and O–H groups in total. The van der Waals surface area contributed by atoms with Gasteiger partial charge in [0.15, 0.2) is 0 Å². The van der Waals surface area contributed by atoms with E-state index in [0.29, 0.717) is 12.4 Å². The second-order valence-corrected chi connectivity index (χ2v) is 6.38. The Kier molecular flexibility index (Phi) is 6.84. The maximum Gasteiger partial charge on any atom is 0.371 e. The van der Waals surface area contributed by atoms with Gasteiger partial charge in [-0.2, -0.15) is 0 Å². The van der Waals surface area contributed by atoms with Crippen LogP contribution in [0, 0.1) is 20.8 Å². The molecule has 0 aliphatic heterocycles. The van der Waals surface area contributed by atoms with Gasteiger partial charge in [-0.15, -0.1) is 0 Å². The van der Waals surface area contributed by atoms with E-state index in [9.17, 15) is 9.90 Å². The van der Waals surface area contributed by atoms with E-state index in [-0.39, 0.29) is 5.76 Å². The van der Waals surface area contributed by atoms with E-state index in [1.165, 1.54) is 5.56 Å². The Balaban J connectivity index is 2.18. The summed E-state index contributed by atoms with van der Waals surface area (Å²) in [7, 11) is 0. The molecule has 2 rings (SSSR count). The van der Waals surface area contributed by atoms with E-state index < -0.39 is 5.97 Å². The Bertz CT molecular complexity index is 789. The summed E-state index contributed by atoms with van der Waals surface area (Å²) in [6.07, 6.45) is 3.64. The quantitative estimate of drug-likeness (QED) is 0.397. The van der Waals surface area contributed by atoms with Gasteiger partial charge in [0.05, 0.1) is 6.61 Å². The molecule has 0 fully saturated rings. The fourth-order valence-corrected chi connectivity index (χ4v) is 2.48. The average molecular weight is 354 g/mol. The minimum Gasteiger partial charge on any atom is -0.494 e. The van der Waals surface area contributed by atoms with Gasteiger partial charge in [-0.25, -0.2) is 4.79 Å². The van der Waals surface area contributed by atoms with Crippen LogP contribution in [-0.4, -0.2) is 17.7 Å². The van der Waals surface area contributed by atoms with E-state index >= 15 is 0 Å². The van der Waals surface area contributed by atoms with Crippen LogP contribution in [-0.2, 0) is 4.79 Å². The first-order chi connectivity index (χ1) is 12.4. The fraction of sp³-hybridized carbons (Fsp3) is 0.318. The summed E-state index contributed by atoms with van der Waals surface area (Å²) in [6.45, 7) is 8.78. The van der Waals surface area contributed by atoms with Crippen LogP contribution in [0.5, 0.6) is 11.5 Å². The number of benzene rings is 2. The molecule has 138 valence electrons. The smallest absolute Gasteiger partial charge is 0.371 e. The van der Waals surface area contributed by atoms with Gasteiger partial charge in [-0.05, 0) is 79.8 Å². The molecule has 0 unspecified atom stereocenters. The van der Waals surface area contributed by atoms with Crippen molar-refractivity contribution in [3.63, 3.8) is 0 Å². The van der Waals surface area contributed by atoms with Gasteiger partial charge in [0.2, 0.25) is 5.76 Å². The zero-order chi connectivity index (χ0) is 19.1. The number of ether oxygens (including phenoxy) is 2. The van der Waals surface area contributed by atoms with Crippen LogP contribution >= 0.6 is 0 Å². The normalized spacial score (nSPS) is 11.3. The molecule has 0 bridgehead atoms. The fourth-order valence-electron chi connectivity index (χ4n) is 2.48. The SMILES string of the molecule is CCCCOc1ccc(OC(=Cc2cc(C)c(C)cc2C)C(=O)O)cc1. The van der Waals surface area contributed by atoms with Crippen molar-refractivity contribution < 1.29 is 19.4 Å². The molecular weight excluding hydrogens is 328 g/mol. The number of carboxylic acid groups (broad SMARTS) is 1. The van der Waals surface area contributed by atoms with Crippen LogP contribution in [0.25, 0.3) is 6.08 Å². The Labute approximate surface area is 155 Å².